The van der Waals surface area contributed by atoms with Crippen molar-refractivity contribution in [1.82, 2.24) is 0 Å². The first kappa shape index (κ1) is 18.7. The fourth-order valence-electron chi connectivity index (χ4n) is 2.24. The highest BCUT2D eigenvalue weighted by Gasteiger charge is 2.15. The molecule has 1 amide bonds. The van der Waals surface area contributed by atoms with Crippen molar-refractivity contribution in [3.8, 4) is 17.2 Å². The predicted molar refractivity (Wildman–Crippen MR) is 99.3 cm³/mol. The van der Waals surface area contributed by atoms with Gasteiger partial charge >= 0.3 is 0 Å². The topological polar surface area (TPSA) is 68.8 Å². The SMILES string of the molecule is COc1ccc(NC(=O)C(C)Nc2ccc(OC)c(OC)c2)cc1Cl. The number of methoxy groups -OCH3 is 3. The zero-order valence-corrected chi connectivity index (χ0v) is 15.3. The molecule has 0 aliphatic rings. The molecule has 1 atom stereocenters. The highest BCUT2D eigenvalue weighted by molar-refractivity contribution is 6.32. The maximum atomic E-state index is 12.4. The highest BCUT2D eigenvalue weighted by atomic mass is 35.5. The molecule has 0 saturated carbocycles. The van der Waals surface area contributed by atoms with Gasteiger partial charge in [-0.05, 0) is 37.3 Å². The number of benzene rings is 2. The number of amides is 1. The van der Waals surface area contributed by atoms with Gasteiger partial charge in [-0.25, -0.2) is 0 Å². The first-order chi connectivity index (χ1) is 12.0. The minimum atomic E-state index is -0.473. The van der Waals surface area contributed by atoms with Crippen LogP contribution in [0.1, 0.15) is 6.92 Å². The summed E-state index contributed by atoms with van der Waals surface area (Å²) in [6.45, 7) is 1.76. The molecular formula is C18H21ClN2O4. The molecule has 134 valence electrons. The number of hydrogen-bond acceptors (Lipinski definition) is 5. The number of ether oxygens (including phenoxy) is 3. The fourth-order valence-corrected chi connectivity index (χ4v) is 2.49. The standard InChI is InChI=1S/C18H21ClN2O4/c1-11(20-13-6-8-16(24-3)17(10-13)25-4)18(22)21-12-5-7-15(23-2)14(19)9-12/h5-11,20H,1-4H3,(H,21,22). The fraction of sp³-hybridized carbons (Fsp3) is 0.278. The molecule has 2 aromatic carbocycles. The van der Waals surface area contributed by atoms with E-state index in [9.17, 15) is 4.79 Å². The Balaban J connectivity index is 2.04. The van der Waals surface area contributed by atoms with Gasteiger partial charge in [0.2, 0.25) is 5.91 Å². The number of nitrogens with one attached hydrogen (secondary N) is 2. The number of anilines is 2. The Bertz CT molecular complexity index is 752. The quantitative estimate of drug-likeness (QED) is 0.782. The van der Waals surface area contributed by atoms with Crippen molar-refractivity contribution in [2.75, 3.05) is 32.0 Å². The number of carbonyl (C=O) groups excluding carboxylic acids is 1. The molecule has 0 bridgehead atoms. The molecule has 1 unspecified atom stereocenters. The Kier molecular flexibility index (Phi) is 6.36. The van der Waals surface area contributed by atoms with Crippen molar-refractivity contribution in [1.29, 1.82) is 0 Å². The molecule has 2 rings (SSSR count). The Labute approximate surface area is 152 Å². The van der Waals surface area contributed by atoms with Crippen LogP contribution in [-0.2, 0) is 4.79 Å². The van der Waals surface area contributed by atoms with E-state index < -0.39 is 6.04 Å². The van der Waals surface area contributed by atoms with Gasteiger partial charge in [-0.1, -0.05) is 11.6 Å². The summed E-state index contributed by atoms with van der Waals surface area (Å²) in [5.41, 5.74) is 1.34. The Morgan fingerprint density at radius 2 is 1.52 bits per heavy atom. The van der Waals surface area contributed by atoms with Crippen LogP contribution in [0.15, 0.2) is 36.4 Å². The lowest BCUT2D eigenvalue weighted by Crippen LogP contribution is -2.31. The van der Waals surface area contributed by atoms with Crippen LogP contribution in [-0.4, -0.2) is 33.3 Å². The zero-order valence-electron chi connectivity index (χ0n) is 14.6. The number of halogens is 1. The minimum absolute atomic E-state index is 0.198. The van der Waals surface area contributed by atoms with Gasteiger partial charge < -0.3 is 24.8 Å². The van der Waals surface area contributed by atoms with Crippen molar-refractivity contribution < 1.29 is 19.0 Å². The Morgan fingerprint density at radius 3 is 2.12 bits per heavy atom. The van der Waals surface area contributed by atoms with E-state index in [-0.39, 0.29) is 5.91 Å². The van der Waals surface area contributed by atoms with Crippen molar-refractivity contribution in [2.45, 2.75) is 13.0 Å². The van der Waals surface area contributed by atoms with Crippen molar-refractivity contribution in [3.63, 3.8) is 0 Å². The Morgan fingerprint density at radius 1 is 0.920 bits per heavy atom. The van der Waals surface area contributed by atoms with Gasteiger partial charge in [-0.3, -0.25) is 4.79 Å². The van der Waals surface area contributed by atoms with E-state index in [1.165, 1.54) is 7.11 Å². The molecule has 0 fully saturated rings. The second-order valence-corrected chi connectivity index (χ2v) is 5.68. The molecule has 0 aromatic heterocycles. The van der Waals surface area contributed by atoms with Crippen LogP contribution in [0.3, 0.4) is 0 Å². The summed E-state index contributed by atoms with van der Waals surface area (Å²) >= 11 is 6.07. The average molecular weight is 365 g/mol. The summed E-state index contributed by atoms with van der Waals surface area (Å²) < 4.78 is 15.5. The molecule has 2 N–H and O–H groups in total. The van der Waals surface area contributed by atoms with Crippen LogP contribution >= 0.6 is 11.6 Å². The lowest BCUT2D eigenvalue weighted by molar-refractivity contribution is -0.116. The molecule has 7 heteroatoms. The molecule has 0 radical (unpaired) electrons. The van der Waals surface area contributed by atoms with E-state index in [1.807, 2.05) is 6.07 Å². The monoisotopic (exact) mass is 364 g/mol. The molecule has 0 spiro atoms. The van der Waals surface area contributed by atoms with Gasteiger partial charge in [0, 0.05) is 17.4 Å². The number of carbonyl (C=O) groups is 1. The zero-order chi connectivity index (χ0) is 18.4. The summed E-state index contributed by atoms with van der Waals surface area (Å²) in [7, 11) is 4.67. The van der Waals surface area contributed by atoms with Crippen LogP contribution in [0.25, 0.3) is 0 Å². The third-order valence-corrected chi connectivity index (χ3v) is 3.87. The first-order valence-electron chi connectivity index (χ1n) is 7.61. The molecule has 6 nitrogen and oxygen atoms in total. The summed E-state index contributed by atoms with van der Waals surface area (Å²) in [6, 6.07) is 9.95. The maximum Gasteiger partial charge on any atom is 0.246 e. The van der Waals surface area contributed by atoms with Gasteiger partial charge in [-0.15, -0.1) is 0 Å². The maximum absolute atomic E-state index is 12.4. The van der Waals surface area contributed by atoms with E-state index in [0.29, 0.717) is 28.0 Å². The van der Waals surface area contributed by atoms with Gasteiger partial charge in [0.15, 0.2) is 11.5 Å². The first-order valence-corrected chi connectivity index (χ1v) is 7.99. The van der Waals surface area contributed by atoms with Crippen LogP contribution in [0, 0.1) is 0 Å². The van der Waals surface area contributed by atoms with Crippen LogP contribution in [0.2, 0.25) is 5.02 Å². The number of hydrogen-bond donors (Lipinski definition) is 2. The molecule has 25 heavy (non-hydrogen) atoms. The summed E-state index contributed by atoms with van der Waals surface area (Å²) in [4.78, 5) is 12.4. The summed E-state index contributed by atoms with van der Waals surface area (Å²) in [5, 5.41) is 6.36. The minimum Gasteiger partial charge on any atom is -0.495 e. The molecule has 0 heterocycles. The molecule has 0 aliphatic carbocycles. The van der Waals surface area contributed by atoms with Gasteiger partial charge in [0.25, 0.3) is 0 Å². The van der Waals surface area contributed by atoms with E-state index >= 15 is 0 Å². The van der Waals surface area contributed by atoms with Crippen LogP contribution in [0.4, 0.5) is 11.4 Å². The van der Waals surface area contributed by atoms with E-state index in [1.54, 1.807) is 51.5 Å². The second-order valence-electron chi connectivity index (χ2n) is 5.27. The normalized spacial score (nSPS) is 11.4. The van der Waals surface area contributed by atoms with E-state index in [4.69, 9.17) is 25.8 Å². The van der Waals surface area contributed by atoms with E-state index in [2.05, 4.69) is 10.6 Å². The lowest BCUT2D eigenvalue weighted by Gasteiger charge is -2.17. The van der Waals surface area contributed by atoms with E-state index in [0.717, 1.165) is 5.69 Å². The van der Waals surface area contributed by atoms with Gasteiger partial charge in [0.1, 0.15) is 11.8 Å². The smallest absolute Gasteiger partial charge is 0.246 e. The van der Waals surface area contributed by atoms with Crippen LogP contribution < -0.4 is 24.8 Å². The third kappa shape index (κ3) is 4.70. The second kappa shape index (κ2) is 8.48. The highest BCUT2D eigenvalue weighted by Crippen LogP contribution is 2.30. The predicted octanol–water partition coefficient (Wildman–Crippen LogP) is 3.80. The van der Waals surface area contributed by atoms with Crippen molar-refractivity contribution >= 4 is 28.9 Å². The third-order valence-electron chi connectivity index (χ3n) is 3.58. The van der Waals surface area contributed by atoms with Crippen molar-refractivity contribution in [3.05, 3.63) is 41.4 Å². The van der Waals surface area contributed by atoms with Crippen molar-refractivity contribution in [2.24, 2.45) is 0 Å². The molecule has 0 saturated heterocycles. The molecular weight excluding hydrogens is 344 g/mol. The average Bonchev–Trinajstić information content (AvgIpc) is 2.61. The molecule has 0 aliphatic heterocycles. The summed E-state index contributed by atoms with van der Waals surface area (Å²) in [6.07, 6.45) is 0. The Hall–Kier alpha value is -2.60. The lowest BCUT2D eigenvalue weighted by atomic mass is 10.2. The van der Waals surface area contributed by atoms with Crippen LogP contribution in [0.5, 0.6) is 17.2 Å². The van der Waals surface area contributed by atoms with Gasteiger partial charge in [-0.2, -0.15) is 0 Å². The van der Waals surface area contributed by atoms with Gasteiger partial charge in [0.05, 0.1) is 26.4 Å². The number of rotatable bonds is 7. The molecule has 2 aromatic rings. The largest absolute Gasteiger partial charge is 0.495 e. The summed E-state index contributed by atoms with van der Waals surface area (Å²) in [5.74, 6) is 1.56.